The van der Waals surface area contributed by atoms with Gasteiger partial charge in [-0.25, -0.2) is 9.80 Å². The van der Waals surface area contributed by atoms with Crippen LogP contribution >= 0.6 is 22.9 Å². The number of hydrazone groups is 1. The molecule has 0 aliphatic carbocycles. The van der Waals surface area contributed by atoms with Crippen molar-refractivity contribution >= 4 is 46.5 Å². The van der Waals surface area contributed by atoms with Crippen LogP contribution < -0.4 is 5.32 Å². The van der Waals surface area contributed by atoms with E-state index in [1.165, 1.54) is 16.3 Å². The first kappa shape index (κ1) is 22.4. The smallest absolute Gasteiger partial charge is 0.325 e. The zero-order chi connectivity index (χ0) is 23.9. The largest absolute Gasteiger partial charge is 0.463 e. The Labute approximate surface area is 204 Å². The molecule has 1 saturated heterocycles. The fraction of sp³-hybridized carbons (Fsp3) is 0.250. The van der Waals surface area contributed by atoms with Gasteiger partial charge in [-0.2, -0.15) is 5.10 Å². The minimum atomic E-state index is -1.25. The summed E-state index contributed by atoms with van der Waals surface area (Å²) in [6.45, 7) is 1.39. The van der Waals surface area contributed by atoms with E-state index >= 15 is 0 Å². The number of furan rings is 1. The highest BCUT2D eigenvalue weighted by atomic mass is 35.5. The second kappa shape index (κ2) is 8.73. The maximum atomic E-state index is 13.5. The van der Waals surface area contributed by atoms with E-state index in [9.17, 15) is 14.4 Å². The number of carbonyl (C=O) groups is 3. The van der Waals surface area contributed by atoms with Gasteiger partial charge in [0.25, 0.3) is 11.8 Å². The van der Waals surface area contributed by atoms with Crippen LogP contribution in [-0.2, 0) is 15.1 Å². The highest BCUT2D eigenvalue weighted by Crippen LogP contribution is 2.37. The monoisotopic (exact) mass is 496 g/mol. The summed E-state index contributed by atoms with van der Waals surface area (Å²) >= 11 is 7.51. The number of imide groups is 1. The number of benzene rings is 1. The van der Waals surface area contributed by atoms with Crippen LogP contribution in [0.2, 0.25) is 5.02 Å². The van der Waals surface area contributed by atoms with Gasteiger partial charge in [0.2, 0.25) is 0 Å². The van der Waals surface area contributed by atoms with Crippen LogP contribution in [-0.4, -0.2) is 40.0 Å². The molecule has 0 bridgehead atoms. The lowest BCUT2D eigenvalue weighted by molar-refractivity contribution is -0.140. The summed E-state index contributed by atoms with van der Waals surface area (Å²) in [6, 6.07) is 13.2. The Morgan fingerprint density at radius 2 is 2.03 bits per heavy atom. The van der Waals surface area contributed by atoms with Gasteiger partial charge in [0.05, 0.1) is 12.3 Å². The maximum Gasteiger partial charge on any atom is 0.325 e. The van der Waals surface area contributed by atoms with Crippen LogP contribution in [0.15, 0.2) is 69.7 Å². The molecular formula is C24H21ClN4O4S. The van der Waals surface area contributed by atoms with Crippen molar-refractivity contribution in [2.24, 2.45) is 5.10 Å². The molecule has 34 heavy (non-hydrogen) atoms. The van der Waals surface area contributed by atoms with E-state index in [1.54, 1.807) is 42.7 Å². The number of hydrogen-bond acceptors (Lipinski definition) is 6. The van der Waals surface area contributed by atoms with Gasteiger partial charge < -0.3 is 9.73 Å². The Bertz CT molecular complexity index is 1260. The van der Waals surface area contributed by atoms with E-state index in [0.29, 0.717) is 34.9 Å². The van der Waals surface area contributed by atoms with Gasteiger partial charge in [-0.15, -0.1) is 11.3 Å². The molecule has 2 atom stereocenters. The summed E-state index contributed by atoms with van der Waals surface area (Å²) in [5.74, 6) is -0.344. The normalized spacial score (nSPS) is 22.3. The second-order valence-electron chi connectivity index (χ2n) is 8.08. The molecule has 0 spiro atoms. The Morgan fingerprint density at radius 1 is 1.24 bits per heavy atom. The van der Waals surface area contributed by atoms with Crippen molar-refractivity contribution in [3.63, 3.8) is 0 Å². The van der Waals surface area contributed by atoms with Gasteiger partial charge in [0.15, 0.2) is 0 Å². The molecule has 2 aliphatic rings. The quantitative estimate of drug-likeness (QED) is 0.507. The van der Waals surface area contributed by atoms with Crippen LogP contribution in [0.1, 0.15) is 42.0 Å². The third-order valence-corrected chi connectivity index (χ3v) is 7.41. The number of halogens is 1. The van der Waals surface area contributed by atoms with Crippen LogP contribution in [0.5, 0.6) is 0 Å². The van der Waals surface area contributed by atoms with E-state index in [4.69, 9.17) is 16.0 Å². The number of carbonyl (C=O) groups excluding carboxylic acids is 3. The molecule has 4 amide bonds. The molecule has 2 aliphatic heterocycles. The SMILES string of the molecule is CCC1(c2ccc(Cl)cc2)NC(=O)N(CC(=O)N2N=C(c3ccco3)CC2c2cccs2)C1=O. The highest BCUT2D eigenvalue weighted by Gasteiger charge is 2.52. The predicted octanol–water partition coefficient (Wildman–Crippen LogP) is 4.53. The highest BCUT2D eigenvalue weighted by molar-refractivity contribution is 7.10. The number of rotatable bonds is 6. The van der Waals surface area contributed by atoms with E-state index < -0.39 is 29.9 Å². The molecule has 4 heterocycles. The zero-order valence-electron chi connectivity index (χ0n) is 18.2. The minimum absolute atomic E-state index is 0.326. The molecule has 2 unspecified atom stereocenters. The van der Waals surface area contributed by atoms with Crippen molar-refractivity contribution in [2.45, 2.75) is 31.3 Å². The molecule has 0 saturated carbocycles. The lowest BCUT2D eigenvalue weighted by atomic mass is 9.87. The fourth-order valence-electron chi connectivity index (χ4n) is 4.39. The summed E-state index contributed by atoms with van der Waals surface area (Å²) in [7, 11) is 0. The van der Waals surface area contributed by atoms with Gasteiger partial charge in [0.1, 0.15) is 23.6 Å². The Balaban J connectivity index is 1.41. The van der Waals surface area contributed by atoms with Crippen molar-refractivity contribution in [3.05, 3.63) is 81.4 Å². The number of urea groups is 1. The van der Waals surface area contributed by atoms with Crippen molar-refractivity contribution in [1.82, 2.24) is 15.2 Å². The molecular weight excluding hydrogens is 476 g/mol. The molecule has 0 radical (unpaired) electrons. The summed E-state index contributed by atoms with van der Waals surface area (Å²) in [5, 5.41) is 11.1. The van der Waals surface area contributed by atoms with Crippen LogP contribution in [0.4, 0.5) is 4.79 Å². The molecule has 5 rings (SSSR count). The average molecular weight is 497 g/mol. The van der Waals surface area contributed by atoms with Gasteiger partial charge in [0, 0.05) is 16.3 Å². The first-order valence-corrected chi connectivity index (χ1v) is 12.1. The molecule has 2 aromatic heterocycles. The molecule has 3 aromatic rings. The molecule has 174 valence electrons. The Morgan fingerprint density at radius 3 is 2.68 bits per heavy atom. The van der Waals surface area contributed by atoms with Crippen molar-refractivity contribution in [3.8, 4) is 0 Å². The molecule has 1 N–H and O–H groups in total. The van der Waals surface area contributed by atoms with Crippen molar-refractivity contribution in [1.29, 1.82) is 0 Å². The van der Waals surface area contributed by atoms with Crippen LogP contribution in [0.25, 0.3) is 0 Å². The average Bonchev–Trinajstić information content (AvgIpc) is 3.63. The van der Waals surface area contributed by atoms with Crippen molar-refractivity contribution in [2.75, 3.05) is 6.54 Å². The molecule has 1 fully saturated rings. The number of nitrogens with one attached hydrogen (secondary N) is 1. The van der Waals surface area contributed by atoms with Gasteiger partial charge >= 0.3 is 6.03 Å². The first-order valence-electron chi connectivity index (χ1n) is 10.8. The third-order valence-electron chi connectivity index (χ3n) is 6.18. The van der Waals surface area contributed by atoms with Gasteiger partial charge in [-0.05, 0) is 47.7 Å². The summed E-state index contributed by atoms with van der Waals surface area (Å²) in [5.41, 5.74) is 0.00406. The Hall–Kier alpha value is -3.43. The third kappa shape index (κ3) is 3.70. The first-order chi connectivity index (χ1) is 16.4. The van der Waals surface area contributed by atoms with E-state index in [-0.39, 0.29) is 6.04 Å². The lowest BCUT2D eigenvalue weighted by Gasteiger charge is -2.26. The fourth-order valence-corrected chi connectivity index (χ4v) is 5.32. The minimum Gasteiger partial charge on any atom is -0.463 e. The number of nitrogens with zero attached hydrogens (tertiary/aromatic N) is 3. The predicted molar refractivity (Wildman–Crippen MR) is 127 cm³/mol. The standard InChI is InChI=1S/C24H21ClN4O4S/c1-2-24(15-7-9-16(25)10-8-15)22(31)28(23(32)26-24)14-21(30)29-18(20-6-4-12-34-20)13-17(27-29)19-5-3-11-33-19/h3-12,18H,2,13-14H2,1H3,(H,26,32). The summed E-state index contributed by atoms with van der Waals surface area (Å²) in [6.07, 6.45) is 2.35. The molecule has 8 nitrogen and oxygen atoms in total. The summed E-state index contributed by atoms with van der Waals surface area (Å²) < 4.78 is 5.47. The molecule has 10 heteroatoms. The number of hydrogen-bond donors (Lipinski definition) is 1. The number of amides is 4. The van der Waals surface area contributed by atoms with Crippen LogP contribution in [0, 0.1) is 0 Å². The maximum absolute atomic E-state index is 13.5. The van der Waals surface area contributed by atoms with E-state index in [2.05, 4.69) is 10.4 Å². The van der Waals surface area contributed by atoms with E-state index in [0.717, 1.165) is 9.78 Å². The van der Waals surface area contributed by atoms with E-state index in [1.807, 2.05) is 24.4 Å². The molecule has 1 aromatic carbocycles. The number of thiophene rings is 1. The second-order valence-corrected chi connectivity index (χ2v) is 9.50. The zero-order valence-corrected chi connectivity index (χ0v) is 19.8. The van der Waals surface area contributed by atoms with Crippen LogP contribution in [0.3, 0.4) is 0 Å². The lowest BCUT2D eigenvalue weighted by Crippen LogP contribution is -2.45. The van der Waals surface area contributed by atoms with Gasteiger partial charge in [-0.3, -0.25) is 14.5 Å². The van der Waals surface area contributed by atoms with Gasteiger partial charge in [-0.1, -0.05) is 36.7 Å². The Kier molecular flexibility index (Phi) is 5.75. The summed E-state index contributed by atoms with van der Waals surface area (Å²) in [4.78, 5) is 41.6. The van der Waals surface area contributed by atoms with Crippen molar-refractivity contribution < 1.29 is 18.8 Å². The topological polar surface area (TPSA) is 95.2 Å².